The lowest BCUT2D eigenvalue weighted by Crippen LogP contribution is -2.45. The molecule has 0 bridgehead atoms. The van der Waals surface area contributed by atoms with Crippen molar-refractivity contribution in [1.29, 1.82) is 0 Å². The highest BCUT2D eigenvalue weighted by Crippen LogP contribution is 2.32. The second-order valence-corrected chi connectivity index (χ2v) is 5.65. The molecule has 0 aliphatic carbocycles. The van der Waals surface area contributed by atoms with E-state index in [9.17, 15) is 18.8 Å². The first kappa shape index (κ1) is 17.9. The van der Waals surface area contributed by atoms with Crippen LogP contribution in [0.2, 0.25) is 0 Å². The molecule has 1 N–H and O–H groups in total. The summed E-state index contributed by atoms with van der Waals surface area (Å²) in [4.78, 5) is 39.9. The maximum absolute atomic E-state index is 13.2. The van der Waals surface area contributed by atoms with Gasteiger partial charge in [-0.05, 0) is 38.0 Å². The van der Waals surface area contributed by atoms with Crippen LogP contribution in [0.3, 0.4) is 0 Å². The summed E-state index contributed by atoms with van der Waals surface area (Å²) < 4.78 is 13.2. The average Bonchev–Trinajstić information content (AvgIpc) is 2.82. The highest BCUT2D eigenvalue weighted by Gasteiger charge is 2.51. The Labute approximate surface area is 140 Å². The topological polar surface area (TPSA) is 69.7 Å². The third kappa shape index (κ3) is 2.98. The first-order valence-electron chi connectivity index (χ1n) is 8.07. The maximum Gasteiger partial charge on any atom is 0.325 e. The summed E-state index contributed by atoms with van der Waals surface area (Å²) in [5.74, 6) is -1.19. The number of carbonyl (C=O) groups is 3. The summed E-state index contributed by atoms with van der Waals surface area (Å²) in [5.41, 5.74) is -0.753. The van der Waals surface area contributed by atoms with Gasteiger partial charge in [0.15, 0.2) is 0 Å². The van der Waals surface area contributed by atoms with Crippen molar-refractivity contribution in [2.75, 3.05) is 19.6 Å². The average molecular weight is 335 g/mol. The van der Waals surface area contributed by atoms with Gasteiger partial charge in [0.1, 0.15) is 17.9 Å². The molecule has 0 saturated carbocycles. The Balaban J connectivity index is 2.29. The van der Waals surface area contributed by atoms with Gasteiger partial charge in [-0.1, -0.05) is 19.1 Å². The number of likely N-dealkylation sites (N-methyl/N-ethyl adjacent to an activating group) is 1. The van der Waals surface area contributed by atoms with E-state index in [1.807, 2.05) is 13.8 Å². The van der Waals surface area contributed by atoms with E-state index in [0.717, 1.165) is 4.90 Å². The molecular weight excluding hydrogens is 313 g/mol. The lowest BCUT2D eigenvalue weighted by Gasteiger charge is -2.26. The zero-order valence-corrected chi connectivity index (χ0v) is 14.1. The lowest BCUT2D eigenvalue weighted by atomic mass is 9.87. The number of urea groups is 1. The molecule has 2 rings (SSSR count). The van der Waals surface area contributed by atoms with Gasteiger partial charge in [0, 0.05) is 13.1 Å². The summed E-state index contributed by atoms with van der Waals surface area (Å²) in [6.45, 7) is 6.16. The third-order valence-electron chi connectivity index (χ3n) is 4.45. The van der Waals surface area contributed by atoms with Crippen molar-refractivity contribution < 1.29 is 18.8 Å². The Hall–Kier alpha value is -2.44. The van der Waals surface area contributed by atoms with E-state index in [0.29, 0.717) is 25.1 Å². The number of benzene rings is 1. The zero-order valence-electron chi connectivity index (χ0n) is 14.1. The minimum absolute atomic E-state index is 0.283. The number of carbonyl (C=O) groups excluding carboxylic acids is 3. The first-order chi connectivity index (χ1) is 11.4. The van der Waals surface area contributed by atoms with Crippen molar-refractivity contribution in [3.63, 3.8) is 0 Å². The molecule has 130 valence electrons. The van der Waals surface area contributed by atoms with Gasteiger partial charge in [0.05, 0.1) is 0 Å². The van der Waals surface area contributed by atoms with Gasteiger partial charge in [0.2, 0.25) is 5.91 Å². The molecule has 24 heavy (non-hydrogen) atoms. The predicted octanol–water partition coefficient (Wildman–Crippen LogP) is 1.85. The normalized spacial score (nSPS) is 20.2. The van der Waals surface area contributed by atoms with Gasteiger partial charge in [-0.25, -0.2) is 9.18 Å². The Morgan fingerprint density at radius 1 is 1.17 bits per heavy atom. The van der Waals surface area contributed by atoms with Crippen LogP contribution in [0.15, 0.2) is 24.3 Å². The van der Waals surface area contributed by atoms with Gasteiger partial charge < -0.3 is 10.2 Å². The van der Waals surface area contributed by atoms with E-state index in [-0.39, 0.29) is 12.5 Å². The van der Waals surface area contributed by atoms with E-state index in [1.165, 1.54) is 24.3 Å². The highest BCUT2D eigenvalue weighted by molar-refractivity contribution is 6.09. The molecule has 1 saturated heterocycles. The SMILES string of the molecule is CCN(CC)C(=O)CN1C(=O)NC(CC)(c2ccc(F)cc2)C1=O. The van der Waals surface area contributed by atoms with Crippen LogP contribution in [-0.4, -0.2) is 47.3 Å². The summed E-state index contributed by atoms with van der Waals surface area (Å²) >= 11 is 0. The molecule has 1 atom stereocenters. The second kappa shape index (κ2) is 6.98. The largest absolute Gasteiger partial charge is 0.342 e. The van der Waals surface area contributed by atoms with Crippen LogP contribution >= 0.6 is 0 Å². The van der Waals surface area contributed by atoms with Crippen molar-refractivity contribution in [1.82, 2.24) is 15.1 Å². The van der Waals surface area contributed by atoms with Crippen molar-refractivity contribution in [2.45, 2.75) is 32.7 Å². The molecule has 1 fully saturated rings. The summed E-state index contributed by atoms with van der Waals surface area (Å²) in [7, 11) is 0. The van der Waals surface area contributed by atoms with Crippen LogP contribution in [0.5, 0.6) is 0 Å². The van der Waals surface area contributed by atoms with E-state index < -0.39 is 23.3 Å². The number of hydrogen-bond acceptors (Lipinski definition) is 3. The quantitative estimate of drug-likeness (QED) is 0.807. The molecule has 6 nitrogen and oxygen atoms in total. The molecule has 1 unspecified atom stereocenters. The number of hydrogen-bond donors (Lipinski definition) is 1. The van der Waals surface area contributed by atoms with Crippen LogP contribution in [-0.2, 0) is 15.1 Å². The van der Waals surface area contributed by atoms with Crippen molar-refractivity contribution in [3.05, 3.63) is 35.6 Å². The predicted molar refractivity (Wildman–Crippen MR) is 86.5 cm³/mol. The maximum atomic E-state index is 13.2. The van der Waals surface area contributed by atoms with Gasteiger partial charge in [-0.2, -0.15) is 0 Å². The van der Waals surface area contributed by atoms with Crippen LogP contribution in [0.1, 0.15) is 32.8 Å². The summed E-state index contributed by atoms with van der Waals surface area (Å²) in [6, 6.07) is 4.84. The molecular formula is C17H22FN3O3. The van der Waals surface area contributed by atoms with Crippen LogP contribution in [0.25, 0.3) is 0 Å². The van der Waals surface area contributed by atoms with Gasteiger partial charge in [0.25, 0.3) is 5.91 Å². The standard InChI is InChI=1S/C17H22FN3O3/c1-4-17(12-7-9-13(18)10-8-12)15(23)21(16(24)19-17)11-14(22)20(5-2)6-3/h7-10H,4-6,11H2,1-3H3,(H,19,24). The molecule has 1 heterocycles. The van der Waals surface area contributed by atoms with E-state index in [1.54, 1.807) is 11.8 Å². The Kier molecular flexibility index (Phi) is 5.21. The van der Waals surface area contributed by atoms with Crippen LogP contribution in [0, 0.1) is 5.82 Å². The Morgan fingerprint density at radius 2 is 1.75 bits per heavy atom. The third-order valence-corrected chi connectivity index (χ3v) is 4.45. The molecule has 0 radical (unpaired) electrons. The van der Waals surface area contributed by atoms with E-state index >= 15 is 0 Å². The highest BCUT2D eigenvalue weighted by atomic mass is 19.1. The van der Waals surface area contributed by atoms with Gasteiger partial charge in [-0.3, -0.25) is 14.5 Å². The number of halogens is 1. The molecule has 1 aliphatic heterocycles. The van der Waals surface area contributed by atoms with Crippen molar-refractivity contribution in [2.24, 2.45) is 0 Å². The number of nitrogens with zero attached hydrogens (tertiary/aromatic N) is 2. The fourth-order valence-electron chi connectivity index (χ4n) is 2.96. The minimum atomic E-state index is -1.26. The smallest absolute Gasteiger partial charge is 0.325 e. The fourth-order valence-corrected chi connectivity index (χ4v) is 2.96. The number of nitrogens with one attached hydrogen (secondary N) is 1. The molecule has 1 aliphatic rings. The molecule has 0 spiro atoms. The van der Waals surface area contributed by atoms with Crippen molar-refractivity contribution in [3.8, 4) is 0 Å². The molecule has 1 aromatic carbocycles. The van der Waals surface area contributed by atoms with E-state index in [2.05, 4.69) is 5.32 Å². The monoisotopic (exact) mass is 335 g/mol. The van der Waals surface area contributed by atoms with Gasteiger partial charge in [-0.15, -0.1) is 0 Å². The molecule has 7 heteroatoms. The molecule has 0 aromatic heterocycles. The summed E-state index contributed by atoms with van der Waals surface area (Å²) in [6.07, 6.45) is 0.305. The first-order valence-corrected chi connectivity index (χ1v) is 8.07. The van der Waals surface area contributed by atoms with Crippen LogP contribution in [0.4, 0.5) is 9.18 Å². The number of amides is 4. The molecule has 1 aromatic rings. The number of rotatable bonds is 6. The van der Waals surface area contributed by atoms with E-state index in [4.69, 9.17) is 0 Å². The Morgan fingerprint density at radius 3 is 2.25 bits per heavy atom. The lowest BCUT2D eigenvalue weighted by molar-refractivity contribution is -0.139. The van der Waals surface area contributed by atoms with Crippen molar-refractivity contribution >= 4 is 17.8 Å². The summed E-state index contributed by atoms with van der Waals surface area (Å²) in [5, 5.41) is 2.68. The Bertz CT molecular complexity index is 643. The number of imide groups is 1. The van der Waals surface area contributed by atoms with Crippen LogP contribution < -0.4 is 5.32 Å². The second-order valence-electron chi connectivity index (χ2n) is 5.65. The zero-order chi connectivity index (χ0) is 17.9. The van der Waals surface area contributed by atoms with Gasteiger partial charge >= 0.3 is 6.03 Å². The minimum Gasteiger partial charge on any atom is -0.342 e. The molecule has 4 amide bonds. The fraction of sp³-hybridized carbons (Fsp3) is 0.471.